The first kappa shape index (κ1) is 13.3. The molecule has 1 aliphatic heterocycles. The Morgan fingerprint density at radius 3 is 2.81 bits per heavy atom. The fraction of sp³-hybridized carbons (Fsp3) is 0.800. The van der Waals surface area contributed by atoms with E-state index in [9.17, 15) is 9.59 Å². The second-order valence-electron chi connectivity index (χ2n) is 3.87. The molecule has 0 spiro atoms. The lowest BCUT2D eigenvalue weighted by Gasteiger charge is -2.21. The molecule has 2 N–H and O–H groups in total. The molecule has 0 saturated carbocycles. The van der Waals surface area contributed by atoms with E-state index < -0.39 is 16.9 Å². The van der Waals surface area contributed by atoms with E-state index in [0.717, 1.165) is 12.8 Å². The van der Waals surface area contributed by atoms with E-state index in [1.165, 1.54) is 11.8 Å². The van der Waals surface area contributed by atoms with E-state index in [-0.39, 0.29) is 5.97 Å². The van der Waals surface area contributed by atoms with Gasteiger partial charge in [0.25, 0.3) is 0 Å². The number of carboxylic acid groups (broad SMARTS) is 1. The van der Waals surface area contributed by atoms with Gasteiger partial charge in [-0.05, 0) is 13.3 Å². The molecule has 0 radical (unpaired) electrons. The predicted molar refractivity (Wildman–Crippen MR) is 61.3 cm³/mol. The Labute approximate surface area is 98.9 Å². The number of carboxylic acids is 1. The fourth-order valence-electron chi connectivity index (χ4n) is 1.36. The van der Waals surface area contributed by atoms with Gasteiger partial charge < -0.3 is 9.84 Å². The normalized spacial score (nSPS) is 29.0. The highest BCUT2D eigenvalue weighted by molar-refractivity contribution is 8.01. The van der Waals surface area contributed by atoms with Gasteiger partial charge in [-0.25, -0.2) is 4.79 Å². The summed E-state index contributed by atoms with van der Waals surface area (Å²) in [6.07, 6.45) is 1.79. The smallest absolute Gasteiger partial charge is 0.336 e. The molecule has 1 heterocycles. The van der Waals surface area contributed by atoms with Gasteiger partial charge in [0.1, 0.15) is 6.04 Å². The first-order valence-electron chi connectivity index (χ1n) is 5.31. The van der Waals surface area contributed by atoms with Crippen molar-refractivity contribution in [2.45, 2.75) is 37.6 Å². The summed E-state index contributed by atoms with van der Waals surface area (Å²) in [6.45, 7) is 4.07. The van der Waals surface area contributed by atoms with Crippen LogP contribution in [0.5, 0.6) is 0 Å². The Morgan fingerprint density at radius 1 is 1.62 bits per heavy atom. The van der Waals surface area contributed by atoms with Gasteiger partial charge in [0.15, 0.2) is 4.87 Å². The van der Waals surface area contributed by atoms with Crippen molar-refractivity contribution in [3.8, 4) is 0 Å². The molecule has 92 valence electrons. The van der Waals surface area contributed by atoms with E-state index in [1.807, 2.05) is 6.92 Å². The quantitative estimate of drug-likeness (QED) is 0.554. The summed E-state index contributed by atoms with van der Waals surface area (Å²) < 4.78 is 5.08. The molecule has 1 aliphatic rings. The topological polar surface area (TPSA) is 75.6 Å². The largest absolute Gasteiger partial charge is 0.480 e. The number of esters is 1. The Hall–Kier alpha value is -0.750. The molecule has 5 nitrogen and oxygen atoms in total. The number of hydrogen-bond donors (Lipinski definition) is 2. The van der Waals surface area contributed by atoms with Crippen molar-refractivity contribution < 1.29 is 19.4 Å². The van der Waals surface area contributed by atoms with Crippen LogP contribution in [0.1, 0.15) is 26.7 Å². The number of ether oxygens (including phenoxy) is 1. The van der Waals surface area contributed by atoms with Crippen molar-refractivity contribution in [3.05, 3.63) is 0 Å². The molecular weight excluding hydrogens is 230 g/mol. The minimum Gasteiger partial charge on any atom is -0.480 e. The summed E-state index contributed by atoms with van der Waals surface area (Å²) in [5, 5.41) is 11.6. The molecular formula is C10H17NO4S. The monoisotopic (exact) mass is 247 g/mol. The van der Waals surface area contributed by atoms with Gasteiger partial charge in [-0.3, -0.25) is 10.1 Å². The number of rotatable bonds is 5. The Kier molecular flexibility index (Phi) is 4.61. The van der Waals surface area contributed by atoms with E-state index in [4.69, 9.17) is 9.84 Å². The summed E-state index contributed by atoms with van der Waals surface area (Å²) in [5.74, 6) is -0.929. The van der Waals surface area contributed by atoms with E-state index >= 15 is 0 Å². The minimum atomic E-state index is -0.933. The molecule has 2 atom stereocenters. The van der Waals surface area contributed by atoms with Gasteiger partial charge >= 0.3 is 11.9 Å². The summed E-state index contributed by atoms with van der Waals surface area (Å²) in [4.78, 5) is 21.5. The Bertz CT molecular complexity index is 284. The lowest BCUT2D eigenvalue weighted by atomic mass is 10.2. The number of carbonyl (C=O) groups is 2. The average Bonchev–Trinajstić information content (AvgIpc) is 2.63. The van der Waals surface area contributed by atoms with Crippen LogP contribution in [0.25, 0.3) is 0 Å². The molecule has 0 unspecified atom stereocenters. The highest BCUT2D eigenvalue weighted by atomic mass is 32.2. The van der Waals surface area contributed by atoms with Crippen molar-refractivity contribution in [1.82, 2.24) is 5.32 Å². The molecule has 0 aromatic rings. The number of hydrogen-bond acceptors (Lipinski definition) is 5. The molecule has 1 saturated heterocycles. The number of aliphatic carboxylic acids is 1. The summed E-state index contributed by atoms with van der Waals surface area (Å²) in [6, 6.07) is -0.672. The van der Waals surface area contributed by atoms with Crippen LogP contribution >= 0.6 is 11.8 Å². The van der Waals surface area contributed by atoms with E-state index in [1.54, 1.807) is 6.92 Å². The SMILES string of the molecule is CCCCOC(=O)[C@@]1(C)N[C@H](C(=O)O)CS1. The zero-order valence-electron chi connectivity index (χ0n) is 9.49. The average molecular weight is 247 g/mol. The van der Waals surface area contributed by atoms with Crippen LogP contribution in [0.3, 0.4) is 0 Å². The third kappa shape index (κ3) is 3.12. The summed E-state index contributed by atoms with van der Waals surface area (Å²) >= 11 is 1.28. The highest BCUT2D eigenvalue weighted by Gasteiger charge is 2.45. The lowest BCUT2D eigenvalue weighted by Crippen LogP contribution is -2.49. The lowest BCUT2D eigenvalue weighted by molar-refractivity contribution is -0.147. The Morgan fingerprint density at radius 2 is 2.31 bits per heavy atom. The first-order chi connectivity index (χ1) is 7.49. The second kappa shape index (κ2) is 5.54. The summed E-state index contributed by atoms with van der Waals surface area (Å²) in [7, 11) is 0. The fourth-order valence-corrected chi connectivity index (χ4v) is 2.49. The maximum Gasteiger partial charge on any atom is 0.336 e. The molecule has 0 aromatic heterocycles. The van der Waals surface area contributed by atoms with Gasteiger partial charge in [0.2, 0.25) is 0 Å². The number of nitrogens with one attached hydrogen (secondary N) is 1. The molecule has 1 fully saturated rings. The third-order valence-corrected chi connectivity index (χ3v) is 3.77. The molecule has 16 heavy (non-hydrogen) atoms. The highest BCUT2D eigenvalue weighted by Crippen LogP contribution is 2.31. The molecule has 6 heteroatoms. The van der Waals surface area contributed by atoms with Gasteiger partial charge in [-0.15, -0.1) is 11.8 Å². The number of unbranched alkanes of at least 4 members (excludes halogenated alkanes) is 1. The van der Waals surface area contributed by atoms with Crippen LogP contribution in [0.15, 0.2) is 0 Å². The zero-order valence-corrected chi connectivity index (χ0v) is 10.3. The van der Waals surface area contributed by atoms with E-state index in [2.05, 4.69) is 5.32 Å². The van der Waals surface area contributed by atoms with Crippen LogP contribution in [-0.2, 0) is 14.3 Å². The minimum absolute atomic E-state index is 0.380. The maximum absolute atomic E-state index is 11.7. The zero-order chi connectivity index (χ0) is 12.2. The molecule has 1 rings (SSSR count). The van der Waals surface area contributed by atoms with Crippen molar-refractivity contribution >= 4 is 23.7 Å². The van der Waals surface area contributed by atoms with Gasteiger partial charge in [-0.2, -0.15) is 0 Å². The van der Waals surface area contributed by atoms with Crippen LogP contribution in [0.4, 0.5) is 0 Å². The van der Waals surface area contributed by atoms with E-state index in [0.29, 0.717) is 12.4 Å². The molecule has 0 bridgehead atoms. The Balaban J connectivity index is 2.46. The van der Waals surface area contributed by atoms with Gasteiger partial charge in [-0.1, -0.05) is 13.3 Å². The predicted octanol–water partition coefficient (Wildman–Crippen LogP) is 0.835. The van der Waals surface area contributed by atoms with Crippen LogP contribution in [0, 0.1) is 0 Å². The first-order valence-corrected chi connectivity index (χ1v) is 6.30. The van der Waals surface area contributed by atoms with Gasteiger partial charge in [0.05, 0.1) is 6.61 Å². The van der Waals surface area contributed by atoms with Crippen LogP contribution < -0.4 is 5.32 Å². The maximum atomic E-state index is 11.7. The van der Waals surface area contributed by atoms with Crippen molar-refractivity contribution in [3.63, 3.8) is 0 Å². The van der Waals surface area contributed by atoms with Gasteiger partial charge in [0, 0.05) is 5.75 Å². The molecule has 0 aliphatic carbocycles. The molecule has 0 amide bonds. The second-order valence-corrected chi connectivity index (χ2v) is 5.31. The standard InChI is InChI=1S/C10H17NO4S/c1-3-4-5-15-9(14)10(2)11-7(6-16-10)8(12)13/h7,11H,3-6H2,1-2H3,(H,12,13)/t7-,10-/m0/s1. The van der Waals surface area contributed by atoms with Crippen LogP contribution in [0.2, 0.25) is 0 Å². The number of carbonyl (C=O) groups excluding carboxylic acids is 1. The summed E-state index contributed by atoms with van der Waals surface area (Å²) in [5.41, 5.74) is 0. The van der Waals surface area contributed by atoms with Crippen LogP contribution in [-0.4, -0.2) is 40.3 Å². The molecule has 0 aromatic carbocycles. The van der Waals surface area contributed by atoms with Crippen molar-refractivity contribution in [2.75, 3.05) is 12.4 Å². The van der Waals surface area contributed by atoms with Crippen molar-refractivity contribution in [1.29, 1.82) is 0 Å². The van der Waals surface area contributed by atoms with Crippen molar-refractivity contribution in [2.24, 2.45) is 0 Å². The third-order valence-electron chi connectivity index (χ3n) is 2.41. The number of thioether (sulfide) groups is 1.